The predicted octanol–water partition coefficient (Wildman–Crippen LogP) is 1.63. The van der Waals surface area contributed by atoms with Crippen molar-refractivity contribution in [3.63, 3.8) is 0 Å². The van der Waals surface area contributed by atoms with Gasteiger partial charge in [0.2, 0.25) is 5.91 Å². The van der Waals surface area contributed by atoms with Crippen molar-refractivity contribution in [3.05, 3.63) is 24.3 Å². The van der Waals surface area contributed by atoms with E-state index < -0.39 is 18.0 Å². The quantitative estimate of drug-likeness (QED) is 0.657. The second kappa shape index (κ2) is 7.13. The predicted molar refractivity (Wildman–Crippen MR) is 74.6 cm³/mol. The molecule has 0 aliphatic carbocycles. The fourth-order valence-electron chi connectivity index (χ4n) is 1.54. The molecular weight excluding hydrogens is 262 g/mol. The average Bonchev–Trinajstić information content (AvgIpc) is 2.29. The number of nitrogens with one attached hydrogen (secondary N) is 3. The van der Waals surface area contributed by atoms with Crippen molar-refractivity contribution in [2.75, 3.05) is 10.6 Å². The van der Waals surface area contributed by atoms with Crippen LogP contribution < -0.4 is 16.0 Å². The standard InChI is InChI=1S/C13H17N3O4/c1-8(7-12(18)19)14-13(20)16-11-5-3-10(4-6-11)15-9(2)17/h3-6,8H,7H2,1-2H3,(H,15,17)(H,18,19)(H2,14,16,20). The Kier molecular flexibility index (Phi) is 5.52. The van der Waals surface area contributed by atoms with Crippen LogP contribution in [0.1, 0.15) is 20.3 Å². The fraction of sp³-hybridized carbons (Fsp3) is 0.308. The van der Waals surface area contributed by atoms with Gasteiger partial charge in [0.25, 0.3) is 0 Å². The van der Waals surface area contributed by atoms with Crippen LogP contribution in [-0.4, -0.2) is 29.1 Å². The first kappa shape index (κ1) is 15.5. The second-order valence-corrected chi connectivity index (χ2v) is 4.36. The second-order valence-electron chi connectivity index (χ2n) is 4.36. The SMILES string of the molecule is CC(=O)Nc1ccc(NC(=O)NC(C)CC(=O)O)cc1. The number of hydrogen-bond donors (Lipinski definition) is 4. The molecule has 0 aromatic heterocycles. The molecule has 0 saturated carbocycles. The van der Waals surface area contributed by atoms with Crippen molar-refractivity contribution in [1.29, 1.82) is 0 Å². The Hall–Kier alpha value is -2.57. The van der Waals surface area contributed by atoms with Crippen LogP contribution in [0.15, 0.2) is 24.3 Å². The van der Waals surface area contributed by atoms with E-state index in [0.717, 1.165) is 0 Å². The molecule has 4 N–H and O–H groups in total. The Morgan fingerprint density at radius 2 is 1.60 bits per heavy atom. The molecule has 20 heavy (non-hydrogen) atoms. The molecule has 1 aromatic carbocycles. The van der Waals surface area contributed by atoms with E-state index >= 15 is 0 Å². The van der Waals surface area contributed by atoms with E-state index in [-0.39, 0.29) is 12.3 Å². The maximum atomic E-state index is 11.6. The monoisotopic (exact) mass is 279 g/mol. The minimum absolute atomic E-state index is 0.144. The number of anilines is 2. The van der Waals surface area contributed by atoms with E-state index in [1.807, 2.05) is 0 Å². The molecule has 3 amide bonds. The molecule has 0 saturated heterocycles. The number of carbonyl (C=O) groups excluding carboxylic acids is 2. The highest BCUT2D eigenvalue weighted by Crippen LogP contribution is 2.13. The summed E-state index contributed by atoms with van der Waals surface area (Å²) in [6, 6.07) is 5.62. The largest absolute Gasteiger partial charge is 0.481 e. The Morgan fingerprint density at radius 3 is 2.05 bits per heavy atom. The summed E-state index contributed by atoms with van der Waals surface area (Å²) < 4.78 is 0. The van der Waals surface area contributed by atoms with Gasteiger partial charge < -0.3 is 21.1 Å². The zero-order valence-corrected chi connectivity index (χ0v) is 11.3. The maximum Gasteiger partial charge on any atom is 0.319 e. The van der Waals surface area contributed by atoms with Crippen molar-refractivity contribution in [2.24, 2.45) is 0 Å². The Balaban J connectivity index is 2.49. The van der Waals surface area contributed by atoms with Crippen LogP contribution in [0.5, 0.6) is 0 Å². The fourth-order valence-corrected chi connectivity index (χ4v) is 1.54. The Morgan fingerprint density at radius 1 is 1.10 bits per heavy atom. The zero-order valence-electron chi connectivity index (χ0n) is 11.3. The topological polar surface area (TPSA) is 108 Å². The molecule has 0 aliphatic rings. The lowest BCUT2D eigenvalue weighted by Gasteiger charge is -2.13. The molecule has 1 rings (SSSR count). The van der Waals surface area contributed by atoms with Gasteiger partial charge >= 0.3 is 12.0 Å². The highest BCUT2D eigenvalue weighted by Gasteiger charge is 2.10. The van der Waals surface area contributed by atoms with E-state index in [2.05, 4.69) is 16.0 Å². The summed E-state index contributed by atoms with van der Waals surface area (Å²) >= 11 is 0. The van der Waals surface area contributed by atoms with Gasteiger partial charge in [0, 0.05) is 24.3 Å². The number of carbonyl (C=O) groups is 3. The van der Waals surface area contributed by atoms with Gasteiger partial charge in [-0.3, -0.25) is 9.59 Å². The first-order chi connectivity index (χ1) is 9.36. The maximum absolute atomic E-state index is 11.6. The molecule has 7 nitrogen and oxygen atoms in total. The molecular formula is C13H17N3O4. The molecule has 0 fully saturated rings. The summed E-state index contributed by atoms with van der Waals surface area (Å²) in [4.78, 5) is 32.9. The molecule has 0 spiro atoms. The van der Waals surface area contributed by atoms with Gasteiger partial charge in [-0.2, -0.15) is 0 Å². The first-order valence-electron chi connectivity index (χ1n) is 6.04. The van der Waals surface area contributed by atoms with E-state index in [1.54, 1.807) is 31.2 Å². The summed E-state index contributed by atoms with van der Waals surface area (Å²) in [5, 5.41) is 16.3. The summed E-state index contributed by atoms with van der Waals surface area (Å²) in [6.45, 7) is 3.01. The molecule has 0 radical (unpaired) electrons. The van der Waals surface area contributed by atoms with Gasteiger partial charge in [-0.25, -0.2) is 4.79 Å². The van der Waals surface area contributed by atoms with E-state index in [0.29, 0.717) is 11.4 Å². The first-order valence-corrected chi connectivity index (χ1v) is 6.04. The highest BCUT2D eigenvalue weighted by molar-refractivity contribution is 5.91. The van der Waals surface area contributed by atoms with Crippen LogP contribution in [-0.2, 0) is 9.59 Å². The van der Waals surface area contributed by atoms with Crippen molar-refractivity contribution in [3.8, 4) is 0 Å². The molecule has 1 unspecified atom stereocenters. The molecule has 0 heterocycles. The van der Waals surface area contributed by atoms with Gasteiger partial charge in [-0.1, -0.05) is 0 Å². The molecule has 1 atom stereocenters. The lowest BCUT2D eigenvalue weighted by atomic mass is 10.2. The summed E-state index contributed by atoms with van der Waals surface area (Å²) in [5.74, 6) is -1.15. The lowest BCUT2D eigenvalue weighted by Crippen LogP contribution is -2.37. The molecule has 0 aliphatic heterocycles. The van der Waals surface area contributed by atoms with Gasteiger partial charge in [0.1, 0.15) is 0 Å². The number of hydrogen-bond acceptors (Lipinski definition) is 3. The lowest BCUT2D eigenvalue weighted by molar-refractivity contribution is -0.137. The Labute approximate surface area is 116 Å². The molecule has 7 heteroatoms. The average molecular weight is 279 g/mol. The van der Waals surface area contributed by atoms with Crippen LogP contribution in [0.25, 0.3) is 0 Å². The van der Waals surface area contributed by atoms with Crippen LogP contribution in [0.2, 0.25) is 0 Å². The third kappa shape index (κ3) is 5.85. The Bertz CT molecular complexity index is 499. The third-order valence-electron chi connectivity index (χ3n) is 2.32. The van der Waals surface area contributed by atoms with E-state index in [4.69, 9.17) is 5.11 Å². The van der Waals surface area contributed by atoms with Crippen molar-refractivity contribution >= 4 is 29.3 Å². The molecule has 1 aromatic rings. The van der Waals surface area contributed by atoms with E-state index in [1.165, 1.54) is 6.92 Å². The zero-order chi connectivity index (χ0) is 15.1. The smallest absolute Gasteiger partial charge is 0.319 e. The van der Waals surface area contributed by atoms with Crippen LogP contribution in [0, 0.1) is 0 Å². The number of amides is 3. The van der Waals surface area contributed by atoms with Gasteiger partial charge in [0.15, 0.2) is 0 Å². The normalized spacial score (nSPS) is 11.3. The minimum Gasteiger partial charge on any atom is -0.481 e. The van der Waals surface area contributed by atoms with Gasteiger partial charge in [-0.05, 0) is 31.2 Å². The number of benzene rings is 1. The van der Waals surface area contributed by atoms with Gasteiger partial charge in [0.05, 0.1) is 6.42 Å². The number of aliphatic carboxylic acids is 1. The van der Waals surface area contributed by atoms with Crippen LogP contribution >= 0.6 is 0 Å². The minimum atomic E-state index is -0.975. The molecule has 0 bridgehead atoms. The molecule has 108 valence electrons. The highest BCUT2D eigenvalue weighted by atomic mass is 16.4. The van der Waals surface area contributed by atoms with E-state index in [9.17, 15) is 14.4 Å². The number of urea groups is 1. The summed E-state index contributed by atoms with van der Waals surface area (Å²) in [6.07, 6.45) is -0.144. The number of carboxylic acid groups (broad SMARTS) is 1. The van der Waals surface area contributed by atoms with Gasteiger partial charge in [-0.15, -0.1) is 0 Å². The van der Waals surface area contributed by atoms with Crippen molar-refractivity contribution < 1.29 is 19.5 Å². The van der Waals surface area contributed by atoms with Crippen LogP contribution in [0.3, 0.4) is 0 Å². The van der Waals surface area contributed by atoms with Crippen molar-refractivity contribution in [1.82, 2.24) is 5.32 Å². The third-order valence-corrected chi connectivity index (χ3v) is 2.32. The number of rotatable bonds is 5. The van der Waals surface area contributed by atoms with Crippen molar-refractivity contribution in [2.45, 2.75) is 26.3 Å². The number of carboxylic acids is 1. The van der Waals surface area contributed by atoms with Crippen LogP contribution in [0.4, 0.5) is 16.2 Å². The summed E-state index contributed by atoms with van der Waals surface area (Å²) in [7, 11) is 0. The summed E-state index contributed by atoms with van der Waals surface area (Å²) in [5.41, 5.74) is 1.17.